The molecule has 98 valence electrons. The number of hydrogen-bond acceptors (Lipinski definition) is 2. The summed E-state index contributed by atoms with van der Waals surface area (Å²) >= 11 is 5.81. The van der Waals surface area contributed by atoms with E-state index in [1.54, 1.807) is 29.3 Å². The van der Waals surface area contributed by atoms with Gasteiger partial charge in [0.1, 0.15) is 11.4 Å². The van der Waals surface area contributed by atoms with Crippen LogP contribution in [0.4, 0.5) is 0 Å². The summed E-state index contributed by atoms with van der Waals surface area (Å²) in [5.41, 5.74) is 2.68. The number of carbonyl (C=O) groups is 1. The Morgan fingerprint density at radius 1 is 1.32 bits per heavy atom. The first kappa shape index (κ1) is 12.1. The number of halogens is 1. The zero-order valence-electron chi connectivity index (χ0n) is 10.2. The number of fused-ring (bicyclic) bond motifs is 1. The fraction of sp³-hybridized carbons (Fsp3) is 0.214. The normalized spacial score (nSPS) is 14.3. The maximum Gasteiger partial charge on any atom is 0.270 e. The van der Waals surface area contributed by atoms with E-state index < -0.39 is 0 Å². The van der Waals surface area contributed by atoms with Gasteiger partial charge in [-0.15, -0.1) is 0 Å². The van der Waals surface area contributed by atoms with Gasteiger partial charge in [0.25, 0.3) is 5.91 Å². The summed E-state index contributed by atoms with van der Waals surface area (Å²) < 4.78 is 0. The molecule has 0 fully saturated rings. The molecule has 0 radical (unpaired) electrons. The standard InChI is InChI=1S/C14H13ClN2O2/c15-11-6-13(16-7-11)14(19)17-4-3-9-1-2-12(18)5-10(9)8-17/h1-2,5-7,16,18H,3-4,8H2. The molecule has 5 heteroatoms. The molecule has 1 aliphatic rings. The van der Waals surface area contributed by atoms with Crippen LogP contribution in [-0.2, 0) is 13.0 Å². The smallest absolute Gasteiger partial charge is 0.270 e. The van der Waals surface area contributed by atoms with Gasteiger partial charge in [0.15, 0.2) is 0 Å². The minimum absolute atomic E-state index is 0.0686. The van der Waals surface area contributed by atoms with Gasteiger partial charge in [0.05, 0.1) is 5.02 Å². The predicted molar refractivity (Wildman–Crippen MR) is 72.4 cm³/mol. The number of benzene rings is 1. The van der Waals surface area contributed by atoms with Crippen molar-refractivity contribution < 1.29 is 9.90 Å². The minimum Gasteiger partial charge on any atom is -0.508 e. The Morgan fingerprint density at radius 3 is 2.89 bits per heavy atom. The van der Waals surface area contributed by atoms with Gasteiger partial charge in [-0.3, -0.25) is 4.79 Å². The Hall–Kier alpha value is -1.94. The number of rotatable bonds is 1. The van der Waals surface area contributed by atoms with Crippen molar-refractivity contribution in [1.29, 1.82) is 0 Å². The number of aromatic amines is 1. The lowest BCUT2D eigenvalue weighted by molar-refractivity contribution is 0.0729. The average Bonchev–Trinajstić information content (AvgIpc) is 2.83. The molecule has 2 heterocycles. The van der Waals surface area contributed by atoms with Crippen LogP contribution in [0.25, 0.3) is 0 Å². The lowest BCUT2D eigenvalue weighted by atomic mass is 9.99. The largest absolute Gasteiger partial charge is 0.508 e. The fourth-order valence-corrected chi connectivity index (χ4v) is 2.54. The molecule has 0 saturated heterocycles. The predicted octanol–water partition coefficient (Wildman–Crippen LogP) is 2.57. The first-order valence-electron chi connectivity index (χ1n) is 6.07. The monoisotopic (exact) mass is 276 g/mol. The summed E-state index contributed by atoms with van der Waals surface area (Å²) in [7, 11) is 0. The van der Waals surface area contributed by atoms with E-state index in [1.165, 1.54) is 5.56 Å². The SMILES string of the molecule is O=C(c1cc(Cl)c[nH]1)N1CCc2ccc(O)cc2C1. The first-order chi connectivity index (χ1) is 9.13. The first-order valence-corrected chi connectivity index (χ1v) is 6.45. The van der Waals surface area contributed by atoms with E-state index >= 15 is 0 Å². The van der Waals surface area contributed by atoms with Crippen LogP contribution < -0.4 is 0 Å². The topological polar surface area (TPSA) is 56.3 Å². The maximum absolute atomic E-state index is 12.3. The highest BCUT2D eigenvalue weighted by molar-refractivity contribution is 6.30. The van der Waals surface area contributed by atoms with Gasteiger partial charge < -0.3 is 15.0 Å². The molecule has 4 nitrogen and oxygen atoms in total. The van der Waals surface area contributed by atoms with Crippen molar-refractivity contribution in [2.24, 2.45) is 0 Å². The number of nitrogens with one attached hydrogen (secondary N) is 1. The van der Waals surface area contributed by atoms with Crippen LogP contribution in [0.1, 0.15) is 21.6 Å². The summed E-state index contributed by atoms with van der Waals surface area (Å²) in [6.45, 7) is 1.19. The van der Waals surface area contributed by atoms with Crippen LogP contribution >= 0.6 is 11.6 Å². The third-order valence-corrected chi connectivity index (χ3v) is 3.59. The highest BCUT2D eigenvalue weighted by atomic mass is 35.5. The van der Waals surface area contributed by atoms with Crippen LogP contribution in [0, 0.1) is 0 Å². The number of nitrogens with zero attached hydrogens (tertiary/aromatic N) is 1. The molecule has 0 atom stereocenters. The maximum atomic E-state index is 12.3. The number of hydrogen-bond donors (Lipinski definition) is 2. The van der Waals surface area contributed by atoms with Crippen molar-refractivity contribution in [1.82, 2.24) is 9.88 Å². The van der Waals surface area contributed by atoms with Crippen LogP contribution in [-0.4, -0.2) is 27.4 Å². The Labute approximate surface area is 115 Å². The Balaban J connectivity index is 1.83. The molecule has 19 heavy (non-hydrogen) atoms. The summed E-state index contributed by atoms with van der Waals surface area (Å²) in [6, 6.07) is 6.94. The lowest BCUT2D eigenvalue weighted by Gasteiger charge is -2.28. The van der Waals surface area contributed by atoms with Gasteiger partial charge in [-0.1, -0.05) is 17.7 Å². The summed E-state index contributed by atoms with van der Waals surface area (Å²) in [5.74, 6) is 0.164. The summed E-state index contributed by atoms with van der Waals surface area (Å²) in [6.07, 6.45) is 2.40. The fourth-order valence-electron chi connectivity index (χ4n) is 2.38. The molecule has 0 bridgehead atoms. The average molecular weight is 277 g/mol. The quantitative estimate of drug-likeness (QED) is 0.841. The van der Waals surface area contributed by atoms with E-state index in [1.807, 2.05) is 6.07 Å². The molecule has 1 aliphatic heterocycles. The Kier molecular flexibility index (Phi) is 2.95. The van der Waals surface area contributed by atoms with Gasteiger partial charge in [-0.25, -0.2) is 0 Å². The van der Waals surface area contributed by atoms with E-state index in [-0.39, 0.29) is 11.7 Å². The molecule has 3 rings (SSSR count). The van der Waals surface area contributed by atoms with Crippen molar-refractivity contribution in [2.45, 2.75) is 13.0 Å². The molecule has 1 aromatic heterocycles. The van der Waals surface area contributed by atoms with Crippen molar-refractivity contribution in [3.8, 4) is 5.75 Å². The van der Waals surface area contributed by atoms with Crippen molar-refractivity contribution in [2.75, 3.05) is 6.54 Å². The van der Waals surface area contributed by atoms with Gasteiger partial charge in [-0.2, -0.15) is 0 Å². The van der Waals surface area contributed by atoms with Gasteiger partial charge >= 0.3 is 0 Å². The number of carbonyl (C=O) groups excluding carboxylic acids is 1. The zero-order valence-corrected chi connectivity index (χ0v) is 10.9. The second-order valence-corrected chi connectivity index (χ2v) is 5.10. The van der Waals surface area contributed by atoms with E-state index in [4.69, 9.17) is 11.6 Å². The van der Waals surface area contributed by atoms with Gasteiger partial charge in [-0.05, 0) is 35.7 Å². The third kappa shape index (κ3) is 2.31. The van der Waals surface area contributed by atoms with Crippen LogP contribution in [0.3, 0.4) is 0 Å². The summed E-state index contributed by atoms with van der Waals surface area (Å²) in [5, 5.41) is 10.0. The second-order valence-electron chi connectivity index (χ2n) is 4.66. The van der Waals surface area contributed by atoms with E-state index in [2.05, 4.69) is 4.98 Å². The van der Waals surface area contributed by atoms with E-state index in [9.17, 15) is 9.90 Å². The van der Waals surface area contributed by atoms with Crippen molar-refractivity contribution in [3.63, 3.8) is 0 Å². The highest BCUT2D eigenvalue weighted by Crippen LogP contribution is 2.24. The molecule has 0 aliphatic carbocycles. The number of aromatic hydroxyl groups is 1. The van der Waals surface area contributed by atoms with E-state index in [0.717, 1.165) is 12.0 Å². The van der Waals surface area contributed by atoms with Crippen LogP contribution in [0.2, 0.25) is 5.02 Å². The van der Waals surface area contributed by atoms with Crippen molar-refractivity contribution >= 4 is 17.5 Å². The third-order valence-electron chi connectivity index (χ3n) is 3.37. The van der Waals surface area contributed by atoms with E-state index in [0.29, 0.717) is 23.8 Å². The van der Waals surface area contributed by atoms with Gasteiger partial charge in [0.2, 0.25) is 0 Å². The molecule has 0 saturated carbocycles. The summed E-state index contributed by atoms with van der Waals surface area (Å²) in [4.78, 5) is 16.9. The van der Waals surface area contributed by atoms with Crippen molar-refractivity contribution in [3.05, 3.63) is 52.3 Å². The number of aromatic nitrogens is 1. The lowest BCUT2D eigenvalue weighted by Crippen LogP contribution is -2.36. The molecule has 0 unspecified atom stereocenters. The second kappa shape index (κ2) is 4.63. The molecular formula is C14H13ClN2O2. The number of phenolic OH excluding ortho intramolecular Hbond substituents is 1. The molecule has 2 N–H and O–H groups in total. The minimum atomic E-state index is -0.0686. The molecule has 1 amide bonds. The number of H-pyrrole nitrogens is 1. The zero-order chi connectivity index (χ0) is 13.4. The van der Waals surface area contributed by atoms with Crippen LogP contribution in [0.5, 0.6) is 5.75 Å². The Morgan fingerprint density at radius 2 is 2.16 bits per heavy atom. The highest BCUT2D eigenvalue weighted by Gasteiger charge is 2.22. The molecule has 0 spiro atoms. The van der Waals surface area contributed by atoms with Crippen LogP contribution in [0.15, 0.2) is 30.5 Å². The molecular weight excluding hydrogens is 264 g/mol. The molecule has 2 aromatic rings. The number of phenols is 1. The molecule has 1 aromatic carbocycles. The Bertz CT molecular complexity index is 636. The van der Waals surface area contributed by atoms with Gasteiger partial charge in [0, 0.05) is 19.3 Å². The number of amides is 1.